The van der Waals surface area contributed by atoms with Gasteiger partial charge >= 0.3 is 0 Å². The number of hydrogen-bond acceptors (Lipinski definition) is 3. The maximum absolute atomic E-state index is 11.9. The van der Waals surface area contributed by atoms with Crippen LogP contribution in [0.1, 0.15) is 34.1 Å². The second-order valence-corrected chi connectivity index (χ2v) is 4.60. The van der Waals surface area contributed by atoms with Gasteiger partial charge < -0.3 is 5.32 Å². The van der Waals surface area contributed by atoms with E-state index in [1.54, 1.807) is 12.1 Å². The largest absolute Gasteiger partial charge is 0.385 e. The van der Waals surface area contributed by atoms with Crippen molar-refractivity contribution in [1.82, 2.24) is 5.32 Å². The zero-order valence-corrected chi connectivity index (χ0v) is 10.6. The third-order valence-electron chi connectivity index (χ3n) is 3.32. The van der Waals surface area contributed by atoms with Gasteiger partial charge in [-0.3, -0.25) is 14.9 Å². The lowest BCUT2D eigenvalue weighted by Crippen LogP contribution is -2.34. The summed E-state index contributed by atoms with van der Waals surface area (Å²) in [4.78, 5) is 23.7. The maximum atomic E-state index is 11.9. The van der Waals surface area contributed by atoms with E-state index in [2.05, 4.69) is 17.6 Å². The first-order chi connectivity index (χ1) is 9.22. The van der Waals surface area contributed by atoms with Crippen LogP contribution >= 0.6 is 0 Å². The molecule has 0 unspecified atom stereocenters. The number of imide groups is 1. The van der Waals surface area contributed by atoms with E-state index >= 15 is 0 Å². The molecule has 0 bridgehead atoms. The number of amides is 2. The second-order valence-electron chi connectivity index (χ2n) is 4.60. The first kappa shape index (κ1) is 11.7. The number of anilines is 1. The van der Waals surface area contributed by atoms with Crippen molar-refractivity contribution in [3.8, 4) is 0 Å². The molecule has 19 heavy (non-hydrogen) atoms. The Hall–Kier alpha value is -2.36. The van der Waals surface area contributed by atoms with Crippen molar-refractivity contribution in [2.24, 2.45) is 0 Å². The third kappa shape index (κ3) is 1.76. The fourth-order valence-electron chi connectivity index (χ4n) is 2.44. The molecule has 1 aliphatic heterocycles. The van der Waals surface area contributed by atoms with E-state index in [0.29, 0.717) is 11.1 Å². The van der Waals surface area contributed by atoms with Gasteiger partial charge in [0.25, 0.3) is 11.8 Å². The lowest BCUT2D eigenvalue weighted by Gasteiger charge is -2.18. The Bertz CT molecular complexity index is 672. The Labute approximate surface area is 110 Å². The smallest absolute Gasteiger partial charge is 0.258 e. The van der Waals surface area contributed by atoms with Crippen molar-refractivity contribution in [1.29, 1.82) is 0 Å². The fourth-order valence-corrected chi connectivity index (χ4v) is 2.44. The molecule has 0 fully saturated rings. The van der Waals surface area contributed by atoms with E-state index in [1.165, 1.54) is 0 Å². The van der Waals surface area contributed by atoms with Gasteiger partial charge in [0, 0.05) is 34.1 Å². The summed E-state index contributed by atoms with van der Waals surface area (Å²) in [6, 6.07) is 9.19. The first-order valence-electron chi connectivity index (χ1n) is 6.37. The highest BCUT2D eigenvalue weighted by Gasteiger charge is 2.25. The monoisotopic (exact) mass is 254 g/mol. The number of carbonyl (C=O) groups is 2. The number of benzene rings is 2. The zero-order valence-electron chi connectivity index (χ0n) is 10.6. The Morgan fingerprint density at radius 2 is 1.79 bits per heavy atom. The van der Waals surface area contributed by atoms with Crippen LogP contribution in [-0.4, -0.2) is 18.4 Å². The first-order valence-corrected chi connectivity index (χ1v) is 6.37. The molecule has 0 saturated heterocycles. The Balaban J connectivity index is 2.29. The summed E-state index contributed by atoms with van der Waals surface area (Å²) in [6.07, 6.45) is 1.02. The normalized spacial score (nSPS) is 13.5. The molecule has 3 rings (SSSR count). The number of nitrogens with one attached hydrogen (secondary N) is 2. The van der Waals surface area contributed by atoms with Crippen LogP contribution in [0.3, 0.4) is 0 Å². The van der Waals surface area contributed by atoms with Crippen molar-refractivity contribution in [2.75, 3.05) is 11.9 Å². The van der Waals surface area contributed by atoms with Crippen molar-refractivity contribution in [3.63, 3.8) is 0 Å². The Kier molecular flexibility index (Phi) is 2.71. The highest BCUT2D eigenvalue weighted by atomic mass is 16.2. The molecule has 0 atom stereocenters. The molecule has 0 saturated carbocycles. The van der Waals surface area contributed by atoms with Crippen molar-refractivity contribution < 1.29 is 9.59 Å². The van der Waals surface area contributed by atoms with Gasteiger partial charge in [-0.1, -0.05) is 19.1 Å². The third-order valence-corrected chi connectivity index (χ3v) is 3.32. The van der Waals surface area contributed by atoms with Crippen molar-refractivity contribution in [2.45, 2.75) is 13.3 Å². The second kappa shape index (κ2) is 4.39. The summed E-state index contributed by atoms with van der Waals surface area (Å²) in [5.41, 5.74) is 2.09. The lowest BCUT2D eigenvalue weighted by atomic mass is 9.94. The molecule has 2 N–H and O–H groups in total. The van der Waals surface area contributed by atoms with E-state index in [-0.39, 0.29) is 11.8 Å². The quantitative estimate of drug-likeness (QED) is 0.827. The van der Waals surface area contributed by atoms with Crippen LogP contribution in [0.25, 0.3) is 10.8 Å². The topological polar surface area (TPSA) is 58.2 Å². The molecule has 0 aromatic heterocycles. The van der Waals surface area contributed by atoms with Crippen LogP contribution < -0.4 is 10.6 Å². The van der Waals surface area contributed by atoms with Gasteiger partial charge in [0.05, 0.1) is 0 Å². The van der Waals surface area contributed by atoms with Gasteiger partial charge in [-0.25, -0.2) is 0 Å². The molecular weight excluding hydrogens is 240 g/mol. The van der Waals surface area contributed by atoms with Crippen molar-refractivity contribution in [3.05, 3.63) is 41.5 Å². The number of carbonyl (C=O) groups excluding carboxylic acids is 2. The summed E-state index contributed by atoms with van der Waals surface area (Å²) in [6.45, 7) is 2.95. The Morgan fingerprint density at radius 3 is 2.53 bits per heavy atom. The average Bonchev–Trinajstić information content (AvgIpc) is 2.42. The van der Waals surface area contributed by atoms with E-state index < -0.39 is 0 Å². The van der Waals surface area contributed by atoms with Crippen molar-refractivity contribution >= 4 is 28.3 Å². The summed E-state index contributed by atoms with van der Waals surface area (Å²) in [5.74, 6) is -0.647. The van der Waals surface area contributed by atoms with Gasteiger partial charge in [-0.15, -0.1) is 0 Å². The van der Waals surface area contributed by atoms with Crippen LogP contribution in [0.4, 0.5) is 5.69 Å². The molecule has 2 aromatic rings. The van der Waals surface area contributed by atoms with Gasteiger partial charge in [-0.05, 0) is 24.6 Å². The highest BCUT2D eigenvalue weighted by Crippen LogP contribution is 2.31. The molecule has 96 valence electrons. The molecular formula is C15H14N2O2. The molecule has 1 heterocycles. The van der Waals surface area contributed by atoms with E-state index in [9.17, 15) is 9.59 Å². The number of hydrogen-bond donors (Lipinski definition) is 2. The molecule has 0 aliphatic carbocycles. The van der Waals surface area contributed by atoms with Crippen LogP contribution in [0, 0.1) is 0 Å². The average molecular weight is 254 g/mol. The van der Waals surface area contributed by atoms with E-state index in [1.807, 2.05) is 18.2 Å². The predicted octanol–water partition coefficient (Wildman–Crippen LogP) is 2.55. The molecule has 4 heteroatoms. The van der Waals surface area contributed by atoms with Gasteiger partial charge in [0.15, 0.2) is 0 Å². The molecule has 0 radical (unpaired) electrons. The standard InChI is InChI=1S/C15H14N2O2/c1-2-8-16-12-7-6-11-13-9(12)4-3-5-10(13)14(18)17-15(11)19/h3-7,16H,2,8H2,1H3,(H,17,18,19). The Morgan fingerprint density at radius 1 is 1.05 bits per heavy atom. The van der Waals surface area contributed by atoms with Crippen LogP contribution in [-0.2, 0) is 0 Å². The van der Waals surface area contributed by atoms with Gasteiger partial charge in [-0.2, -0.15) is 0 Å². The van der Waals surface area contributed by atoms with Crippen LogP contribution in [0.2, 0.25) is 0 Å². The van der Waals surface area contributed by atoms with Crippen LogP contribution in [0.15, 0.2) is 30.3 Å². The zero-order chi connectivity index (χ0) is 13.4. The minimum absolute atomic E-state index is 0.323. The molecule has 2 aromatic carbocycles. The minimum atomic E-state index is -0.323. The maximum Gasteiger partial charge on any atom is 0.258 e. The van der Waals surface area contributed by atoms with Gasteiger partial charge in [0.2, 0.25) is 0 Å². The SMILES string of the molecule is CCCNc1ccc2c3c(cccc13)C(=O)NC2=O. The van der Waals surface area contributed by atoms with Crippen LogP contribution in [0.5, 0.6) is 0 Å². The molecule has 2 amide bonds. The minimum Gasteiger partial charge on any atom is -0.385 e. The molecule has 0 spiro atoms. The summed E-state index contributed by atoms with van der Waals surface area (Å²) in [5, 5.41) is 7.36. The fraction of sp³-hybridized carbons (Fsp3) is 0.200. The summed E-state index contributed by atoms with van der Waals surface area (Å²) < 4.78 is 0. The van der Waals surface area contributed by atoms with E-state index in [0.717, 1.165) is 29.4 Å². The molecule has 4 nitrogen and oxygen atoms in total. The molecule has 1 aliphatic rings. The van der Waals surface area contributed by atoms with E-state index in [4.69, 9.17) is 0 Å². The lowest BCUT2D eigenvalue weighted by molar-refractivity contribution is 0.0845. The summed E-state index contributed by atoms with van der Waals surface area (Å²) in [7, 11) is 0. The highest BCUT2D eigenvalue weighted by molar-refractivity contribution is 6.26. The summed E-state index contributed by atoms with van der Waals surface area (Å²) >= 11 is 0. The number of rotatable bonds is 3. The predicted molar refractivity (Wildman–Crippen MR) is 74.5 cm³/mol. The van der Waals surface area contributed by atoms with Gasteiger partial charge in [0.1, 0.15) is 0 Å².